The molecule has 0 bridgehead atoms. The van der Waals surface area contributed by atoms with Crippen molar-refractivity contribution in [2.45, 2.75) is 24.2 Å². The Morgan fingerprint density at radius 3 is 2.61 bits per heavy atom. The van der Waals surface area contributed by atoms with Crippen LogP contribution < -0.4 is 0 Å². The summed E-state index contributed by atoms with van der Waals surface area (Å²) < 4.78 is 30.6. The summed E-state index contributed by atoms with van der Waals surface area (Å²) in [6.07, 6.45) is 2.86. The Kier molecular flexibility index (Phi) is 4.04. The molecule has 0 spiro atoms. The van der Waals surface area contributed by atoms with Crippen molar-refractivity contribution in [2.75, 3.05) is 20.2 Å². The van der Waals surface area contributed by atoms with Crippen LogP contribution in [0.5, 0.6) is 0 Å². The minimum atomic E-state index is -3.45. The Hall–Kier alpha value is -0.920. The molecule has 7 heteroatoms. The van der Waals surface area contributed by atoms with Gasteiger partial charge in [0.25, 0.3) is 0 Å². The summed E-state index contributed by atoms with van der Waals surface area (Å²) in [4.78, 5) is 11.8. The number of carbonyl (C=O) groups is 1. The van der Waals surface area contributed by atoms with E-state index >= 15 is 0 Å². The fourth-order valence-electron chi connectivity index (χ4n) is 1.92. The Morgan fingerprint density at radius 2 is 2.00 bits per heavy atom. The number of rotatable bonds is 3. The third-order valence-corrected chi connectivity index (χ3v) is 5.85. The van der Waals surface area contributed by atoms with Crippen LogP contribution in [0.3, 0.4) is 0 Å². The molecule has 1 aliphatic rings. The second kappa shape index (κ2) is 5.38. The fraction of sp³-hybridized carbons (Fsp3) is 0.545. The standard InChI is InChI=1S/C11H15NO4S2/c1-16-11(13)10-7-9(8-17-10)18(14,15)12-5-3-2-4-6-12/h7-8H,2-6H2,1H3. The molecule has 0 radical (unpaired) electrons. The van der Waals surface area contributed by atoms with E-state index in [1.54, 1.807) is 0 Å². The first-order valence-corrected chi connectivity index (χ1v) is 8.04. The fourth-order valence-corrected chi connectivity index (χ4v) is 4.61. The highest BCUT2D eigenvalue weighted by atomic mass is 32.2. The number of hydrogen-bond donors (Lipinski definition) is 0. The second-order valence-electron chi connectivity index (χ2n) is 4.10. The highest BCUT2D eigenvalue weighted by Crippen LogP contribution is 2.25. The number of piperidine rings is 1. The topological polar surface area (TPSA) is 63.7 Å². The molecule has 0 amide bonds. The average Bonchev–Trinajstić information content (AvgIpc) is 2.89. The first-order valence-electron chi connectivity index (χ1n) is 5.72. The summed E-state index contributed by atoms with van der Waals surface area (Å²) in [7, 11) is -2.17. The van der Waals surface area contributed by atoms with Gasteiger partial charge in [0.2, 0.25) is 10.0 Å². The maximum absolute atomic E-state index is 12.3. The molecule has 1 aliphatic heterocycles. The molecule has 0 aliphatic carbocycles. The highest BCUT2D eigenvalue weighted by Gasteiger charge is 2.27. The minimum absolute atomic E-state index is 0.190. The van der Waals surface area contributed by atoms with Crippen molar-refractivity contribution >= 4 is 27.3 Å². The molecule has 1 fully saturated rings. The molecule has 0 unspecified atom stereocenters. The second-order valence-corrected chi connectivity index (χ2v) is 6.95. The van der Waals surface area contributed by atoms with E-state index in [1.807, 2.05) is 0 Å². The maximum atomic E-state index is 12.3. The summed E-state index contributed by atoms with van der Waals surface area (Å²) in [5, 5.41) is 1.50. The van der Waals surface area contributed by atoms with Gasteiger partial charge in [-0.1, -0.05) is 6.42 Å². The van der Waals surface area contributed by atoms with Gasteiger partial charge in [-0.2, -0.15) is 4.31 Å². The summed E-state index contributed by atoms with van der Waals surface area (Å²) in [5.41, 5.74) is 0. The van der Waals surface area contributed by atoms with Gasteiger partial charge in [-0.3, -0.25) is 0 Å². The number of hydrogen-bond acceptors (Lipinski definition) is 5. The van der Waals surface area contributed by atoms with Gasteiger partial charge in [0.15, 0.2) is 0 Å². The maximum Gasteiger partial charge on any atom is 0.348 e. The molecule has 0 saturated carbocycles. The normalized spacial score (nSPS) is 17.6. The number of sulfonamides is 1. The molecule has 1 aromatic heterocycles. The lowest BCUT2D eigenvalue weighted by Crippen LogP contribution is -2.35. The van der Waals surface area contributed by atoms with Gasteiger partial charge in [0.1, 0.15) is 4.88 Å². The Labute approximate surface area is 110 Å². The number of carbonyl (C=O) groups excluding carboxylic acids is 1. The van der Waals surface area contributed by atoms with Crippen molar-refractivity contribution in [3.63, 3.8) is 0 Å². The predicted molar refractivity (Wildman–Crippen MR) is 68.3 cm³/mol. The first-order chi connectivity index (χ1) is 8.55. The van der Waals surface area contributed by atoms with Crippen LogP contribution in [0.25, 0.3) is 0 Å². The molecule has 18 heavy (non-hydrogen) atoms. The molecular weight excluding hydrogens is 274 g/mol. The third-order valence-electron chi connectivity index (χ3n) is 2.91. The molecule has 5 nitrogen and oxygen atoms in total. The van der Waals surface area contributed by atoms with Crippen LogP contribution in [0.1, 0.15) is 28.9 Å². The third kappa shape index (κ3) is 2.57. The van der Waals surface area contributed by atoms with Gasteiger partial charge in [0.05, 0.1) is 12.0 Å². The average molecular weight is 289 g/mol. The van der Waals surface area contributed by atoms with Gasteiger partial charge in [0, 0.05) is 18.5 Å². The predicted octanol–water partition coefficient (Wildman–Crippen LogP) is 1.71. The van der Waals surface area contributed by atoms with E-state index in [9.17, 15) is 13.2 Å². The smallest absolute Gasteiger partial charge is 0.348 e. The zero-order valence-corrected chi connectivity index (χ0v) is 11.7. The largest absolute Gasteiger partial charge is 0.465 e. The highest BCUT2D eigenvalue weighted by molar-refractivity contribution is 7.89. The minimum Gasteiger partial charge on any atom is -0.465 e. The molecule has 2 heterocycles. The van der Waals surface area contributed by atoms with Crippen LogP contribution in [-0.2, 0) is 14.8 Å². The van der Waals surface area contributed by atoms with Crippen molar-refractivity contribution in [3.8, 4) is 0 Å². The summed E-state index contributed by atoms with van der Waals surface area (Å²) >= 11 is 1.09. The monoisotopic (exact) mass is 289 g/mol. The molecule has 2 rings (SSSR count). The number of methoxy groups -OCH3 is 1. The van der Waals surface area contributed by atoms with Crippen molar-refractivity contribution in [3.05, 3.63) is 16.3 Å². The molecule has 0 N–H and O–H groups in total. The van der Waals surface area contributed by atoms with Crippen molar-refractivity contribution in [1.82, 2.24) is 4.31 Å². The Bertz CT molecular complexity index is 529. The van der Waals surface area contributed by atoms with Crippen molar-refractivity contribution < 1.29 is 17.9 Å². The van der Waals surface area contributed by atoms with Gasteiger partial charge >= 0.3 is 5.97 Å². The summed E-state index contributed by atoms with van der Waals surface area (Å²) in [6.45, 7) is 1.12. The molecule has 100 valence electrons. The molecule has 0 atom stereocenters. The van der Waals surface area contributed by atoms with Crippen molar-refractivity contribution in [1.29, 1.82) is 0 Å². The van der Waals surface area contributed by atoms with E-state index < -0.39 is 16.0 Å². The van der Waals surface area contributed by atoms with Crippen LogP contribution in [0.2, 0.25) is 0 Å². The lowest BCUT2D eigenvalue weighted by molar-refractivity contribution is 0.0606. The van der Waals surface area contributed by atoms with Gasteiger partial charge in [-0.15, -0.1) is 11.3 Å². The quantitative estimate of drug-likeness (QED) is 0.795. The summed E-state index contributed by atoms with van der Waals surface area (Å²) in [6, 6.07) is 1.39. The first kappa shape index (κ1) is 13.5. The zero-order chi connectivity index (χ0) is 13.2. The van der Waals surface area contributed by atoms with Crippen LogP contribution >= 0.6 is 11.3 Å². The van der Waals surface area contributed by atoms with Crippen molar-refractivity contribution in [2.24, 2.45) is 0 Å². The molecule has 1 saturated heterocycles. The Morgan fingerprint density at radius 1 is 1.33 bits per heavy atom. The molecule has 0 aromatic carbocycles. The Balaban J connectivity index is 2.24. The lowest BCUT2D eigenvalue weighted by atomic mass is 10.2. The molecule has 1 aromatic rings. The van der Waals surface area contributed by atoms with E-state index in [1.165, 1.54) is 22.9 Å². The number of esters is 1. The SMILES string of the molecule is COC(=O)c1cc(S(=O)(=O)N2CCCCC2)cs1. The number of thiophene rings is 1. The van der Waals surface area contributed by atoms with Gasteiger partial charge in [-0.25, -0.2) is 13.2 Å². The number of ether oxygens (including phenoxy) is 1. The van der Waals surface area contributed by atoms with Gasteiger partial charge in [-0.05, 0) is 18.9 Å². The van der Waals surface area contributed by atoms with Gasteiger partial charge < -0.3 is 4.74 Å². The van der Waals surface area contributed by atoms with E-state index in [0.29, 0.717) is 18.0 Å². The summed E-state index contributed by atoms with van der Waals surface area (Å²) in [5.74, 6) is -0.500. The van der Waals surface area contributed by atoms with E-state index in [4.69, 9.17) is 0 Å². The zero-order valence-electron chi connectivity index (χ0n) is 10.1. The van der Waals surface area contributed by atoms with E-state index in [0.717, 1.165) is 30.6 Å². The molecular formula is C11H15NO4S2. The van der Waals surface area contributed by atoms with Crippen LogP contribution in [0.15, 0.2) is 16.3 Å². The van der Waals surface area contributed by atoms with Crippen LogP contribution in [0.4, 0.5) is 0 Å². The van der Waals surface area contributed by atoms with Crippen LogP contribution in [-0.4, -0.2) is 38.9 Å². The van der Waals surface area contributed by atoms with E-state index in [-0.39, 0.29) is 4.90 Å². The number of nitrogens with zero attached hydrogens (tertiary/aromatic N) is 1. The lowest BCUT2D eigenvalue weighted by Gasteiger charge is -2.25. The van der Waals surface area contributed by atoms with E-state index in [2.05, 4.69) is 4.74 Å². The van der Waals surface area contributed by atoms with Crippen LogP contribution in [0, 0.1) is 0 Å².